The smallest absolute Gasteiger partial charge is 0.211 e. The summed E-state index contributed by atoms with van der Waals surface area (Å²) in [5.74, 6) is 1.38. The first-order valence-corrected chi connectivity index (χ1v) is 10.2. The van der Waals surface area contributed by atoms with Crippen LogP contribution in [0.1, 0.15) is 32.1 Å². The Bertz CT molecular complexity index is 411. The van der Waals surface area contributed by atoms with Gasteiger partial charge in [0.1, 0.15) is 0 Å². The van der Waals surface area contributed by atoms with Crippen molar-refractivity contribution in [1.29, 1.82) is 0 Å². The quantitative estimate of drug-likeness (QED) is 0.784. The van der Waals surface area contributed by atoms with Gasteiger partial charge in [0.05, 0.1) is 6.26 Å². The molecule has 1 N–H and O–H groups in total. The van der Waals surface area contributed by atoms with Crippen molar-refractivity contribution < 1.29 is 8.42 Å². The highest BCUT2D eigenvalue weighted by atomic mass is 35.5. The van der Waals surface area contributed by atoms with Gasteiger partial charge in [-0.2, -0.15) is 0 Å². The van der Waals surface area contributed by atoms with Gasteiger partial charge in [0, 0.05) is 19.6 Å². The van der Waals surface area contributed by atoms with E-state index in [9.17, 15) is 8.42 Å². The SMILES string of the molecule is CNCCC1CCN(CC2CCCN(S(C)(=O)=O)C2)CC1.Cl. The predicted octanol–water partition coefficient (Wildman–Crippen LogP) is 1.40. The van der Waals surface area contributed by atoms with E-state index in [-0.39, 0.29) is 12.4 Å². The first-order chi connectivity index (χ1) is 9.99. The Morgan fingerprint density at radius 1 is 1.09 bits per heavy atom. The monoisotopic (exact) mass is 353 g/mol. The van der Waals surface area contributed by atoms with Crippen LogP contribution in [-0.2, 0) is 10.0 Å². The highest BCUT2D eigenvalue weighted by Gasteiger charge is 2.28. The van der Waals surface area contributed by atoms with Crippen LogP contribution in [-0.4, -0.2) is 70.2 Å². The maximum absolute atomic E-state index is 11.7. The van der Waals surface area contributed by atoms with Crippen LogP contribution in [0.15, 0.2) is 0 Å². The average molecular weight is 354 g/mol. The van der Waals surface area contributed by atoms with Crippen LogP contribution in [0.4, 0.5) is 0 Å². The standard InChI is InChI=1S/C15H31N3O2S.ClH/c1-16-8-5-14-6-10-17(11-7-14)12-15-4-3-9-18(13-15)21(2,19)20;/h14-16H,3-13H2,1-2H3;1H. The number of nitrogens with one attached hydrogen (secondary N) is 1. The molecule has 1 atom stereocenters. The summed E-state index contributed by atoms with van der Waals surface area (Å²) in [6.07, 6.45) is 7.40. The largest absolute Gasteiger partial charge is 0.320 e. The van der Waals surface area contributed by atoms with Gasteiger partial charge in [-0.1, -0.05) is 0 Å². The zero-order chi connectivity index (χ0) is 15.3. The molecule has 0 amide bonds. The topological polar surface area (TPSA) is 52.6 Å². The molecule has 0 aliphatic carbocycles. The molecule has 5 nitrogen and oxygen atoms in total. The van der Waals surface area contributed by atoms with E-state index in [0.29, 0.717) is 12.5 Å². The Kier molecular flexibility index (Phi) is 8.64. The highest BCUT2D eigenvalue weighted by Crippen LogP contribution is 2.24. The molecule has 0 aromatic heterocycles. The first-order valence-electron chi connectivity index (χ1n) is 8.31. The summed E-state index contributed by atoms with van der Waals surface area (Å²) in [4.78, 5) is 2.55. The van der Waals surface area contributed by atoms with Crippen molar-refractivity contribution in [3.63, 3.8) is 0 Å². The van der Waals surface area contributed by atoms with Crippen molar-refractivity contribution >= 4 is 22.4 Å². The number of rotatable bonds is 6. The number of nitrogens with zero attached hydrogens (tertiary/aromatic N) is 2. The zero-order valence-corrected chi connectivity index (χ0v) is 15.6. The van der Waals surface area contributed by atoms with Crippen molar-refractivity contribution in [3.8, 4) is 0 Å². The molecule has 0 spiro atoms. The van der Waals surface area contributed by atoms with Crippen LogP contribution in [0.3, 0.4) is 0 Å². The van der Waals surface area contributed by atoms with Gasteiger partial charge >= 0.3 is 0 Å². The first kappa shape index (κ1) is 20.2. The van der Waals surface area contributed by atoms with Gasteiger partial charge in [0.15, 0.2) is 0 Å². The summed E-state index contributed by atoms with van der Waals surface area (Å²) in [6.45, 7) is 5.99. The fraction of sp³-hybridized carbons (Fsp3) is 1.00. The Balaban J connectivity index is 0.00000242. The molecule has 7 heteroatoms. The van der Waals surface area contributed by atoms with E-state index in [1.807, 2.05) is 7.05 Å². The molecule has 2 heterocycles. The number of hydrogen-bond acceptors (Lipinski definition) is 4. The Morgan fingerprint density at radius 2 is 1.77 bits per heavy atom. The fourth-order valence-electron chi connectivity index (χ4n) is 3.65. The van der Waals surface area contributed by atoms with E-state index in [1.165, 1.54) is 45.0 Å². The molecule has 2 aliphatic rings. The predicted molar refractivity (Wildman–Crippen MR) is 94.1 cm³/mol. The van der Waals surface area contributed by atoms with E-state index in [4.69, 9.17) is 0 Å². The van der Waals surface area contributed by atoms with Crippen LogP contribution >= 0.6 is 12.4 Å². The van der Waals surface area contributed by atoms with Gasteiger partial charge in [-0.3, -0.25) is 0 Å². The van der Waals surface area contributed by atoms with Crippen molar-refractivity contribution in [3.05, 3.63) is 0 Å². The number of likely N-dealkylation sites (tertiary alicyclic amines) is 1. The maximum Gasteiger partial charge on any atom is 0.211 e. The van der Waals surface area contributed by atoms with Crippen molar-refractivity contribution in [2.24, 2.45) is 11.8 Å². The zero-order valence-electron chi connectivity index (χ0n) is 14.0. The lowest BCUT2D eigenvalue weighted by molar-refractivity contribution is 0.133. The molecule has 2 saturated heterocycles. The van der Waals surface area contributed by atoms with Gasteiger partial charge in [-0.25, -0.2) is 12.7 Å². The third-order valence-electron chi connectivity index (χ3n) is 4.98. The van der Waals surface area contributed by atoms with Gasteiger partial charge < -0.3 is 10.2 Å². The van der Waals surface area contributed by atoms with Crippen LogP contribution in [0, 0.1) is 11.8 Å². The molecule has 2 aliphatic heterocycles. The molecule has 2 fully saturated rings. The molecule has 132 valence electrons. The molecule has 0 bridgehead atoms. The van der Waals surface area contributed by atoms with Crippen molar-refractivity contribution in [2.75, 3.05) is 52.6 Å². The molecular weight excluding hydrogens is 322 g/mol. The fourth-order valence-corrected chi connectivity index (χ4v) is 4.59. The minimum Gasteiger partial charge on any atom is -0.320 e. The molecule has 22 heavy (non-hydrogen) atoms. The third-order valence-corrected chi connectivity index (χ3v) is 6.25. The average Bonchev–Trinajstić information content (AvgIpc) is 2.46. The molecule has 0 radical (unpaired) electrons. The van der Waals surface area contributed by atoms with Crippen molar-refractivity contribution in [2.45, 2.75) is 32.1 Å². The molecule has 2 rings (SSSR count). The molecule has 0 saturated carbocycles. The second-order valence-corrected chi connectivity index (χ2v) is 8.75. The number of piperidine rings is 2. The van der Waals surface area contributed by atoms with E-state index >= 15 is 0 Å². The summed E-state index contributed by atoms with van der Waals surface area (Å²) in [5.41, 5.74) is 0. The summed E-state index contributed by atoms with van der Waals surface area (Å²) >= 11 is 0. The summed E-state index contributed by atoms with van der Waals surface area (Å²) < 4.78 is 25.0. The van der Waals surface area contributed by atoms with Gasteiger partial charge in [-0.05, 0) is 70.6 Å². The summed E-state index contributed by atoms with van der Waals surface area (Å²) in [7, 11) is -0.991. The summed E-state index contributed by atoms with van der Waals surface area (Å²) in [6, 6.07) is 0. The number of sulfonamides is 1. The van der Waals surface area contributed by atoms with E-state index < -0.39 is 10.0 Å². The van der Waals surface area contributed by atoms with E-state index in [1.54, 1.807) is 4.31 Å². The second kappa shape index (κ2) is 9.42. The second-order valence-electron chi connectivity index (χ2n) is 6.77. The lowest BCUT2D eigenvalue weighted by Crippen LogP contribution is -2.45. The van der Waals surface area contributed by atoms with Crippen LogP contribution in [0.5, 0.6) is 0 Å². The van der Waals surface area contributed by atoms with E-state index in [0.717, 1.165) is 32.0 Å². The lowest BCUT2D eigenvalue weighted by atomic mass is 9.92. The number of hydrogen-bond donors (Lipinski definition) is 1. The minimum atomic E-state index is -3.01. The summed E-state index contributed by atoms with van der Waals surface area (Å²) in [5, 5.41) is 3.23. The number of halogens is 1. The Hall–Kier alpha value is 0.120. The van der Waals surface area contributed by atoms with Gasteiger partial charge in [0.2, 0.25) is 10.0 Å². The molecule has 0 aromatic carbocycles. The molecular formula is C15H32ClN3O2S. The van der Waals surface area contributed by atoms with Gasteiger partial charge in [0.25, 0.3) is 0 Å². The van der Waals surface area contributed by atoms with Gasteiger partial charge in [-0.15, -0.1) is 12.4 Å². The third kappa shape index (κ3) is 6.32. The minimum absolute atomic E-state index is 0. The van der Waals surface area contributed by atoms with Crippen LogP contribution in [0.25, 0.3) is 0 Å². The highest BCUT2D eigenvalue weighted by molar-refractivity contribution is 7.88. The van der Waals surface area contributed by atoms with E-state index in [2.05, 4.69) is 10.2 Å². The van der Waals surface area contributed by atoms with Crippen LogP contribution < -0.4 is 5.32 Å². The Labute approximate surface area is 142 Å². The lowest BCUT2D eigenvalue weighted by Gasteiger charge is -2.37. The Morgan fingerprint density at radius 3 is 2.36 bits per heavy atom. The van der Waals surface area contributed by atoms with Crippen LogP contribution in [0.2, 0.25) is 0 Å². The van der Waals surface area contributed by atoms with Crippen molar-refractivity contribution in [1.82, 2.24) is 14.5 Å². The normalized spacial score (nSPS) is 25.8. The molecule has 0 aromatic rings. The molecule has 1 unspecified atom stereocenters. The maximum atomic E-state index is 11.7.